The summed E-state index contributed by atoms with van der Waals surface area (Å²) >= 11 is 0. The van der Waals surface area contributed by atoms with Gasteiger partial charge in [0.2, 0.25) is 0 Å². The molecule has 0 bridgehead atoms. The number of rotatable bonds is 0. The zero-order valence-corrected chi connectivity index (χ0v) is 8.18. The van der Waals surface area contributed by atoms with E-state index in [-0.39, 0.29) is 81.4 Å². The van der Waals surface area contributed by atoms with E-state index in [9.17, 15) is 0 Å². The van der Waals surface area contributed by atoms with Gasteiger partial charge in [-0.3, -0.25) is 0 Å². The van der Waals surface area contributed by atoms with Crippen molar-refractivity contribution in [2.75, 3.05) is 0 Å². The normalized spacial score (nSPS) is 0. The molecule has 39 valence electrons. The molecule has 0 saturated carbocycles. The van der Waals surface area contributed by atoms with Gasteiger partial charge in [0.25, 0.3) is 0 Å². The first-order valence-corrected chi connectivity index (χ1v) is 0. The Morgan fingerprint density at radius 3 is 1.00 bits per heavy atom. The molecule has 0 N–H and O–H groups in total. The molecule has 0 rings (SSSR count). The van der Waals surface area contributed by atoms with E-state index in [1.54, 1.807) is 0 Å². The van der Waals surface area contributed by atoms with Crippen LogP contribution in [-0.2, 0) is 54.6 Å². The SMILES string of the molecule is C.[B].[Fe].[Ni].[Si].[W]. The monoisotopic (exact) mass is 353 g/mol. The van der Waals surface area contributed by atoms with Crippen LogP contribution in [0.25, 0.3) is 0 Å². The summed E-state index contributed by atoms with van der Waals surface area (Å²) in [5.41, 5.74) is 0. The molecule has 0 aliphatic rings. The Bertz CT molecular complexity index is 15.5. The van der Waals surface area contributed by atoms with Gasteiger partial charge in [0, 0.05) is 74.0 Å². The Morgan fingerprint density at radius 1 is 1.00 bits per heavy atom. The van der Waals surface area contributed by atoms with Gasteiger partial charge in [-0.15, -0.1) is 0 Å². The molecule has 0 aromatic carbocycles. The molecule has 0 saturated heterocycles. The van der Waals surface area contributed by atoms with Crippen LogP contribution in [0.15, 0.2) is 0 Å². The van der Waals surface area contributed by atoms with E-state index in [0.717, 1.165) is 0 Å². The molecular formula is CH4BFeNiSiW. The molecule has 0 aliphatic carbocycles. The Morgan fingerprint density at radius 2 is 1.00 bits per heavy atom. The van der Waals surface area contributed by atoms with Crippen molar-refractivity contribution < 1.29 is 54.6 Å². The van der Waals surface area contributed by atoms with Crippen molar-refractivity contribution in [3.05, 3.63) is 0 Å². The third-order valence-corrected chi connectivity index (χ3v) is 0. The molecule has 0 unspecified atom stereocenters. The minimum atomic E-state index is 0. The van der Waals surface area contributed by atoms with Crippen LogP contribution in [0.4, 0.5) is 0 Å². The molecule has 0 atom stereocenters. The summed E-state index contributed by atoms with van der Waals surface area (Å²) in [6, 6.07) is 0. The molecule has 0 heterocycles. The second kappa shape index (κ2) is 63.6. The molecule has 7 radical (unpaired) electrons. The summed E-state index contributed by atoms with van der Waals surface area (Å²) in [4.78, 5) is 0. The van der Waals surface area contributed by atoms with Crippen LogP contribution in [0.5, 0.6) is 0 Å². The first-order valence-electron chi connectivity index (χ1n) is 0. The van der Waals surface area contributed by atoms with E-state index >= 15 is 0 Å². The predicted molar refractivity (Wildman–Crippen MR) is 18.2 cm³/mol. The largest absolute Gasteiger partial charge is 0.0776 e. The minimum absolute atomic E-state index is 0. The molecule has 0 spiro atoms. The van der Waals surface area contributed by atoms with Gasteiger partial charge in [0.1, 0.15) is 0 Å². The molecule has 0 aromatic heterocycles. The van der Waals surface area contributed by atoms with Gasteiger partial charge in [-0.2, -0.15) is 0 Å². The van der Waals surface area contributed by atoms with Crippen LogP contribution in [-0.4, -0.2) is 19.4 Å². The minimum Gasteiger partial charge on any atom is -0.0776 e. The molecule has 0 aromatic rings. The third kappa shape index (κ3) is 37.8. The molecule has 0 nitrogen and oxygen atoms in total. The Balaban J connectivity index is 0. The molecule has 0 fully saturated rings. The molecule has 0 aliphatic heterocycles. The Labute approximate surface area is 80.9 Å². The van der Waals surface area contributed by atoms with Crippen molar-refractivity contribution in [3.63, 3.8) is 0 Å². The van der Waals surface area contributed by atoms with Crippen LogP contribution >= 0.6 is 0 Å². The van der Waals surface area contributed by atoms with Crippen LogP contribution in [0, 0.1) is 0 Å². The van der Waals surface area contributed by atoms with Crippen molar-refractivity contribution in [1.82, 2.24) is 0 Å². The zero-order chi connectivity index (χ0) is 0. The number of hydrogen-bond donors (Lipinski definition) is 0. The molecule has 0 amide bonds. The smallest absolute Gasteiger partial charge is 0 e. The fourth-order valence-electron chi connectivity index (χ4n) is 0. The summed E-state index contributed by atoms with van der Waals surface area (Å²) in [6.45, 7) is 0. The predicted octanol–water partition coefficient (Wildman–Crippen LogP) is -0.133. The fraction of sp³-hybridized carbons (Fsp3) is 1.00. The Hall–Kier alpha value is 1.98. The van der Waals surface area contributed by atoms with Gasteiger partial charge in [0.15, 0.2) is 0 Å². The topological polar surface area (TPSA) is 0 Å². The molecule has 5 heteroatoms. The third-order valence-electron chi connectivity index (χ3n) is 0. The summed E-state index contributed by atoms with van der Waals surface area (Å²) < 4.78 is 0. The summed E-state index contributed by atoms with van der Waals surface area (Å²) in [5.74, 6) is 0. The number of hydrogen-bond acceptors (Lipinski definition) is 0. The maximum atomic E-state index is 0. The van der Waals surface area contributed by atoms with Crippen molar-refractivity contribution in [1.29, 1.82) is 0 Å². The van der Waals surface area contributed by atoms with E-state index in [1.165, 1.54) is 0 Å². The van der Waals surface area contributed by atoms with E-state index in [1.807, 2.05) is 0 Å². The Kier molecular flexibility index (Phi) is 1050. The molecule has 6 heavy (non-hydrogen) atoms. The second-order valence-electron chi connectivity index (χ2n) is 0. The van der Waals surface area contributed by atoms with E-state index in [4.69, 9.17) is 0 Å². The average Bonchev–Trinajstić information content (AvgIpc) is 0. The van der Waals surface area contributed by atoms with E-state index < -0.39 is 0 Å². The quantitative estimate of drug-likeness (QED) is 0.532. The average molecular weight is 353 g/mol. The first-order chi connectivity index (χ1) is 0. The summed E-state index contributed by atoms with van der Waals surface area (Å²) in [6.07, 6.45) is 0. The van der Waals surface area contributed by atoms with Crippen LogP contribution < -0.4 is 0 Å². The maximum Gasteiger partial charge on any atom is 0 e. The van der Waals surface area contributed by atoms with Crippen molar-refractivity contribution in [2.24, 2.45) is 0 Å². The van der Waals surface area contributed by atoms with Crippen molar-refractivity contribution in [3.8, 4) is 0 Å². The van der Waals surface area contributed by atoms with E-state index in [0.29, 0.717) is 0 Å². The van der Waals surface area contributed by atoms with Gasteiger partial charge in [-0.05, 0) is 0 Å². The van der Waals surface area contributed by atoms with Crippen molar-refractivity contribution >= 4 is 19.4 Å². The van der Waals surface area contributed by atoms with E-state index in [2.05, 4.69) is 0 Å². The zero-order valence-electron chi connectivity index (χ0n) is 2.16. The first kappa shape index (κ1) is 99.0. The maximum absolute atomic E-state index is 0. The van der Waals surface area contributed by atoms with Crippen LogP contribution in [0.2, 0.25) is 0 Å². The summed E-state index contributed by atoms with van der Waals surface area (Å²) in [7, 11) is 0. The van der Waals surface area contributed by atoms with Gasteiger partial charge >= 0.3 is 0 Å². The summed E-state index contributed by atoms with van der Waals surface area (Å²) in [5, 5.41) is 0. The second-order valence-corrected chi connectivity index (χ2v) is 0. The van der Waals surface area contributed by atoms with Gasteiger partial charge < -0.3 is 0 Å². The molecular weight excluding hydrogens is 349 g/mol. The van der Waals surface area contributed by atoms with Crippen LogP contribution in [0.3, 0.4) is 0 Å². The van der Waals surface area contributed by atoms with Gasteiger partial charge in [-0.1, -0.05) is 7.43 Å². The van der Waals surface area contributed by atoms with Gasteiger partial charge in [0.05, 0.1) is 0 Å². The standard InChI is InChI=1S/CH4.B.Fe.Ni.Si.W/h1H4;;;;;. The van der Waals surface area contributed by atoms with Crippen molar-refractivity contribution in [2.45, 2.75) is 7.43 Å². The van der Waals surface area contributed by atoms with Gasteiger partial charge in [-0.25, -0.2) is 0 Å². The fourth-order valence-corrected chi connectivity index (χ4v) is 0. The van der Waals surface area contributed by atoms with Crippen LogP contribution in [0.1, 0.15) is 7.43 Å².